The molecule has 0 unspecified atom stereocenters. The average molecular weight is 310 g/mol. The van der Waals surface area contributed by atoms with Gasteiger partial charge in [-0.05, 0) is 44.9 Å². The number of alkyl halides is 1. The quantitative estimate of drug-likeness (QED) is 0.800. The number of anilines is 1. The first-order valence-electron chi connectivity index (χ1n) is 7.05. The van der Waals surface area contributed by atoms with Crippen LogP contribution in [0.2, 0.25) is 0 Å². The van der Waals surface area contributed by atoms with Crippen LogP contribution in [0.3, 0.4) is 0 Å². The first-order chi connectivity index (χ1) is 8.90. The molecular formula is C14H20BrN3. The minimum absolute atomic E-state index is 0.712. The Hall–Kier alpha value is -0.640. The zero-order valence-electron chi connectivity index (χ0n) is 10.7. The van der Waals surface area contributed by atoms with Crippen LogP contribution in [0.25, 0.3) is 0 Å². The van der Waals surface area contributed by atoms with Crippen molar-refractivity contribution in [3.63, 3.8) is 0 Å². The highest BCUT2D eigenvalue weighted by molar-refractivity contribution is 9.09. The molecule has 0 saturated heterocycles. The molecule has 1 saturated carbocycles. The van der Waals surface area contributed by atoms with Crippen LogP contribution >= 0.6 is 15.9 Å². The van der Waals surface area contributed by atoms with Gasteiger partial charge >= 0.3 is 0 Å². The van der Waals surface area contributed by atoms with Gasteiger partial charge in [-0.3, -0.25) is 0 Å². The Labute approximate surface area is 117 Å². The monoisotopic (exact) mass is 309 g/mol. The molecule has 0 spiro atoms. The van der Waals surface area contributed by atoms with Crippen LogP contribution in [0.4, 0.5) is 5.82 Å². The Morgan fingerprint density at radius 3 is 2.72 bits per heavy atom. The number of hydrogen-bond donors (Lipinski definition) is 0. The van der Waals surface area contributed by atoms with Crippen molar-refractivity contribution in [2.75, 3.05) is 16.8 Å². The molecule has 1 fully saturated rings. The minimum Gasteiger partial charge on any atom is -0.352 e. The van der Waals surface area contributed by atoms with Gasteiger partial charge in [0.05, 0.1) is 0 Å². The van der Waals surface area contributed by atoms with E-state index in [-0.39, 0.29) is 0 Å². The summed E-state index contributed by atoms with van der Waals surface area (Å²) in [6, 6.07) is 0.712. The van der Waals surface area contributed by atoms with Crippen molar-refractivity contribution in [1.82, 2.24) is 9.97 Å². The van der Waals surface area contributed by atoms with Gasteiger partial charge in [0.15, 0.2) is 0 Å². The van der Waals surface area contributed by atoms with Gasteiger partial charge < -0.3 is 4.90 Å². The number of nitrogens with zero attached hydrogens (tertiary/aromatic N) is 3. The van der Waals surface area contributed by atoms with Gasteiger partial charge in [-0.1, -0.05) is 15.9 Å². The first kappa shape index (κ1) is 12.4. The zero-order chi connectivity index (χ0) is 12.4. The summed E-state index contributed by atoms with van der Waals surface area (Å²) in [5.41, 5.74) is 2.72. The van der Waals surface area contributed by atoms with E-state index in [1.807, 2.05) is 0 Å². The normalized spacial score (nSPS) is 19.2. The summed E-state index contributed by atoms with van der Waals surface area (Å²) in [7, 11) is 0. The molecular weight excluding hydrogens is 290 g/mol. The van der Waals surface area contributed by atoms with E-state index in [4.69, 9.17) is 0 Å². The number of halogens is 1. The molecule has 0 aliphatic heterocycles. The molecule has 4 heteroatoms. The molecule has 0 bridgehead atoms. The van der Waals surface area contributed by atoms with Crippen molar-refractivity contribution < 1.29 is 0 Å². The minimum atomic E-state index is 0.712. The third-order valence-corrected chi connectivity index (χ3v) is 4.57. The van der Waals surface area contributed by atoms with E-state index in [0.29, 0.717) is 6.04 Å². The van der Waals surface area contributed by atoms with E-state index in [1.54, 1.807) is 6.33 Å². The van der Waals surface area contributed by atoms with Crippen molar-refractivity contribution in [2.45, 2.75) is 51.0 Å². The van der Waals surface area contributed by atoms with E-state index in [0.717, 1.165) is 24.7 Å². The van der Waals surface area contributed by atoms with Gasteiger partial charge in [0.2, 0.25) is 0 Å². The van der Waals surface area contributed by atoms with Crippen molar-refractivity contribution in [2.24, 2.45) is 0 Å². The lowest BCUT2D eigenvalue weighted by atomic mass is 9.90. The molecule has 0 amide bonds. The number of rotatable bonds is 4. The Kier molecular flexibility index (Phi) is 3.83. The fraction of sp³-hybridized carbons (Fsp3) is 0.714. The topological polar surface area (TPSA) is 29.0 Å². The van der Waals surface area contributed by atoms with Crippen LogP contribution in [0.5, 0.6) is 0 Å². The molecule has 2 aliphatic carbocycles. The van der Waals surface area contributed by atoms with Gasteiger partial charge in [-0.2, -0.15) is 0 Å². The maximum atomic E-state index is 4.61. The van der Waals surface area contributed by atoms with Crippen molar-refractivity contribution >= 4 is 21.7 Å². The molecule has 0 atom stereocenters. The zero-order valence-corrected chi connectivity index (χ0v) is 12.3. The number of aryl methyl sites for hydroxylation is 1. The van der Waals surface area contributed by atoms with Gasteiger partial charge in [0.25, 0.3) is 0 Å². The van der Waals surface area contributed by atoms with Gasteiger partial charge in [0.1, 0.15) is 12.1 Å². The number of hydrogen-bond acceptors (Lipinski definition) is 3. The second-order valence-electron chi connectivity index (χ2n) is 5.30. The standard InChI is InChI=1S/C14H20BrN3/c15-8-9-18(11-4-3-5-11)14-12-6-1-2-7-13(12)16-10-17-14/h10-11H,1-9H2. The molecule has 0 aromatic carbocycles. The van der Waals surface area contributed by atoms with Crippen molar-refractivity contribution in [3.05, 3.63) is 17.6 Å². The predicted molar refractivity (Wildman–Crippen MR) is 77.5 cm³/mol. The summed E-state index contributed by atoms with van der Waals surface area (Å²) in [6.07, 6.45) is 10.7. The lowest BCUT2D eigenvalue weighted by Crippen LogP contribution is -2.42. The fourth-order valence-corrected chi connectivity index (χ4v) is 3.38. The van der Waals surface area contributed by atoms with Gasteiger partial charge in [0, 0.05) is 29.2 Å². The SMILES string of the molecule is BrCCN(c1ncnc2c1CCCC2)C1CCC1. The average Bonchev–Trinajstić information content (AvgIpc) is 2.35. The third kappa shape index (κ3) is 2.27. The van der Waals surface area contributed by atoms with E-state index < -0.39 is 0 Å². The largest absolute Gasteiger partial charge is 0.352 e. The Morgan fingerprint density at radius 1 is 1.17 bits per heavy atom. The lowest BCUT2D eigenvalue weighted by Gasteiger charge is -2.39. The molecule has 3 rings (SSSR count). The molecule has 3 nitrogen and oxygen atoms in total. The molecule has 1 aromatic heterocycles. The molecule has 1 heterocycles. The highest BCUT2D eigenvalue weighted by Gasteiger charge is 2.28. The lowest BCUT2D eigenvalue weighted by molar-refractivity contribution is 0.387. The van der Waals surface area contributed by atoms with E-state index in [9.17, 15) is 0 Å². The number of aromatic nitrogens is 2. The summed E-state index contributed by atoms with van der Waals surface area (Å²) in [6.45, 7) is 1.06. The van der Waals surface area contributed by atoms with Crippen LogP contribution in [0.1, 0.15) is 43.4 Å². The fourth-order valence-electron chi connectivity index (χ4n) is 3.00. The molecule has 98 valence electrons. The van der Waals surface area contributed by atoms with Crippen LogP contribution in [-0.4, -0.2) is 27.9 Å². The van der Waals surface area contributed by atoms with Gasteiger partial charge in [-0.15, -0.1) is 0 Å². The summed E-state index contributed by atoms with van der Waals surface area (Å²) < 4.78 is 0. The highest BCUT2D eigenvalue weighted by Crippen LogP contribution is 2.33. The van der Waals surface area contributed by atoms with Crippen LogP contribution in [-0.2, 0) is 12.8 Å². The van der Waals surface area contributed by atoms with Gasteiger partial charge in [-0.25, -0.2) is 9.97 Å². The molecule has 0 N–H and O–H groups in total. The van der Waals surface area contributed by atoms with Crippen LogP contribution < -0.4 is 4.90 Å². The van der Waals surface area contributed by atoms with E-state index in [2.05, 4.69) is 30.8 Å². The predicted octanol–water partition coefficient (Wildman–Crippen LogP) is 3.11. The molecule has 1 aromatic rings. The van der Waals surface area contributed by atoms with E-state index >= 15 is 0 Å². The molecule has 18 heavy (non-hydrogen) atoms. The smallest absolute Gasteiger partial charge is 0.135 e. The maximum Gasteiger partial charge on any atom is 0.135 e. The van der Waals surface area contributed by atoms with Crippen LogP contribution in [0.15, 0.2) is 6.33 Å². The van der Waals surface area contributed by atoms with Crippen molar-refractivity contribution in [1.29, 1.82) is 0 Å². The Balaban J connectivity index is 1.92. The Morgan fingerprint density at radius 2 is 2.00 bits per heavy atom. The third-order valence-electron chi connectivity index (χ3n) is 4.22. The first-order valence-corrected chi connectivity index (χ1v) is 8.17. The van der Waals surface area contributed by atoms with Crippen LogP contribution in [0, 0.1) is 0 Å². The molecule has 0 radical (unpaired) electrons. The Bertz CT molecular complexity index is 418. The number of fused-ring (bicyclic) bond motifs is 1. The highest BCUT2D eigenvalue weighted by atomic mass is 79.9. The summed E-state index contributed by atoms with van der Waals surface area (Å²) in [4.78, 5) is 11.6. The maximum absolute atomic E-state index is 4.61. The molecule has 2 aliphatic rings. The van der Waals surface area contributed by atoms with Crippen molar-refractivity contribution in [3.8, 4) is 0 Å². The second-order valence-corrected chi connectivity index (χ2v) is 6.09. The summed E-state index contributed by atoms with van der Waals surface area (Å²) in [5, 5.41) is 1.02. The van der Waals surface area contributed by atoms with E-state index in [1.165, 1.54) is 49.2 Å². The second kappa shape index (κ2) is 5.55. The summed E-state index contributed by atoms with van der Waals surface area (Å²) >= 11 is 3.58. The summed E-state index contributed by atoms with van der Waals surface area (Å²) in [5.74, 6) is 1.23.